The average Bonchev–Trinajstić information content (AvgIpc) is 2.63. The van der Waals surface area contributed by atoms with E-state index in [0.29, 0.717) is 18.7 Å². The first-order chi connectivity index (χ1) is 12.2. The molecule has 0 bridgehead atoms. The first-order valence-electron chi connectivity index (χ1n) is 10.0. The number of likely N-dealkylation sites (tertiary alicyclic amines) is 1. The summed E-state index contributed by atoms with van der Waals surface area (Å²) in [6.45, 7) is 11.8. The van der Waals surface area contributed by atoms with Crippen LogP contribution in [0.25, 0.3) is 0 Å². The van der Waals surface area contributed by atoms with Crippen LogP contribution in [0, 0.1) is 0 Å². The number of aliphatic hydroxyl groups excluding tert-OH is 1. The second-order valence-corrected chi connectivity index (χ2v) is 7.99. The summed E-state index contributed by atoms with van der Waals surface area (Å²) in [5, 5.41) is 9.44. The third-order valence-corrected chi connectivity index (χ3v) is 6.01. The second kappa shape index (κ2) is 9.13. The molecule has 2 fully saturated rings. The molecule has 4 heteroatoms. The van der Waals surface area contributed by atoms with Crippen molar-refractivity contribution in [3.8, 4) is 0 Å². The van der Waals surface area contributed by atoms with Gasteiger partial charge in [0.2, 0.25) is 0 Å². The van der Waals surface area contributed by atoms with Crippen molar-refractivity contribution in [3.05, 3.63) is 35.9 Å². The number of piperazine rings is 1. The van der Waals surface area contributed by atoms with Gasteiger partial charge in [-0.25, -0.2) is 0 Å². The van der Waals surface area contributed by atoms with Gasteiger partial charge in [-0.2, -0.15) is 0 Å². The van der Waals surface area contributed by atoms with Crippen LogP contribution in [0.4, 0.5) is 0 Å². The fourth-order valence-corrected chi connectivity index (χ4v) is 4.60. The summed E-state index contributed by atoms with van der Waals surface area (Å²) in [6, 6.07) is 12.6. The standard InChI is InChI=1S/C21H35N3O/c1-18(2)24-14-13-23(17-21(24)10-15-25)20-8-11-22(12-9-20)16-19-6-4-3-5-7-19/h3-7,18,20-21,25H,8-17H2,1-2H3. The van der Waals surface area contributed by atoms with Gasteiger partial charge in [0.1, 0.15) is 0 Å². The molecule has 0 spiro atoms. The SMILES string of the molecule is CC(C)N1CCN(C2CCN(Cc3ccccc3)CC2)CC1CCO. The fourth-order valence-electron chi connectivity index (χ4n) is 4.60. The maximum Gasteiger partial charge on any atom is 0.0446 e. The zero-order valence-corrected chi connectivity index (χ0v) is 16.0. The number of benzene rings is 1. The molecule has 0 radical (unpaired) electrons. The van der Waals surface area contributed by atoms with Crippen molar-refractivity contribution in [2.24, 2.45) is 0 Å². The first kappa shape index (κ1) is 18.8. The monoisotopic (exact) mass is 345 g/mol. The maximum atomic E-state index is 9.44. The number of aliphatic hydroxyl groups is 1. The smallest absolute Gasteiger partial charge is 0.0446 e. The topological polar surface area (TPSA) is 30.0 Å². The van der Waals surface area contributed by atoms with Gasteiger partial charge in [0.25, 0.3) is 0 Å². The highest BCUT2D eigenvalue weighted by Gasteiger charge is 2.33. The molecule has 0 saturated carbocycles. The van der Waals surface area contributed by atoms with Crippen molar-refractivity contribution in [2.75, 3.05) is 39.3 Å². The number of nitrogens with zero attached hydrogens (tertiary/aromatic N) is 3. The van der Waals surface area contributed by atoms with Gasteiger partial charge < -0.3 is 5.11 Å². The van der Waals surface area contributed by atoms with E-state index in [-0.39, 0.29) is 0 Å². The third kappa shape index (κ3) is 5.04. The number of hydrogen-bond acceptors (Lipinski definition) is 4. The van der Waals surface area contributed by atoms with Crippen molar-refractivity contribution in [2.45, 2.75) is 57.8 Å². The van der Waals surface area contributed by atoms with E-state index in [1.54, 1.807) is 0 Å². The minimum atomic E-state index is 0.303. The van der Waals surface area contributed by atoms with Crippen LogP contribution < -0.4 is 0 Å². The number of piperidine rings is 1. The summed E-state index contributed by atoms with van der Waals surface area (Å²) in [5.41, 5.74) is 1.43. The average molecular weight is 346 g/mol. The zero-order chi connectivity index (χ0) is 17.6. The van der Waals surface area contributed by atoms with E-state index in [1.165, 1.54) is 38.0 Å². The Morgan fingerprint density at radius 2 is 1.76 bits per heavy atom. The molecule has 0 amide bonds. The molecule has 140 valence electrons. The van der Waals surface area contributed by atoms with Gasteiger partial charge >= 0.3 is 0 Å². The molecule has 1 unspecified atom stereocenters. The molecule has 2 aliphatic rings. The normalized spacial score (nSPS) is 24.9. The fraction of sp³-hybridized carbons (Fsp3) is 0.714. The van der Waals surface area contributed by atoms with Crippen molar-refractivity contribution in [1.29, 1.82) is 0 Å². The van der Waals surface area contributed by atoms with Crippen molar-refractivity contribution in [3.63, 3.8) is 0 Å². The highest BCUT2D eigenvalue weighted by Crippen LogP contribution is 2.23. The Labute approximate surface area is 153 Å². The van der Waals surface area contributed by atoms with Crippen LogP contribution in [0.5, 0.6) is 0 Å². The number of rotatable bonds is 6. The predicted molar refractivity (Wildman–Crippen MR) is 104 cm³/mol. The molecule has 0 aromatic heterocycles. The quantitative estimate of drug-likeness (QED) is 0.858. The van der Waals surface area contributed by atoms with Crippen molar-refractivity contribution < 1.29 is 5.11 Å². The van der Waals surface area contributed by atoms with E-state index in [9.17, 15) is 5.11 Å². The van der Waals surface area contributed by atoms with Crippen molar-refractivity contribution in [1.82, 2.24) is 14.7 Å². The van der Waals surface area contributed by atoms with Crippen LogP contribution in [0.2, 0.25) is 0 Å². The minimum absolute atomic E-state index is 0.303. The van der Waals surface area contributed by atoms with Crippen LogP contribution in [-0.4, -0.2) is 77.3 Å². The largest absolute Gasteiger partial charge is 0.396 e. The number of hydrogen-bond donors (Lipinski definition) is 1. The van der Waals surface area contributed by atoms with Gasteiger partial charge in [0.05, 0.1) is 0 Å². The molecule has 3 rings (SSSR count). The summed E-state index contributed by atoms with van der Waals surface area (Å²) in [5.74, 6) is 0. The van der Waals surface area contributed by atoms with Gasteiger partial charge in [-0.05, 0) is 51.8 Å². The Hall–Kier alpha value is -0.940. The van der Waals surface area contributed by atoms with E-state index in [1.807, 2.05) is 0 Å². The van der Waals surface area contributed by atoms with Crippen molar-refractivity contribution >= 4 is 0 Å². The Morgan fingerprint density at radius 1 is 1.04 bits per heavy atom. The van der Waals surface area contributed by atoms with Crippen LogP contribution in [0.3, 0.4) is 0 Å². The molecule has 25 heavy (non-hydrogen) atoms. The molecule has 2 saturated heterocycles. The Balaban J connectivity index is 1.49. The molecular weight excluding hydrogens is 310 g/mol. The minimum Gasteiger partial charge on any atom is -0.396 e. The summed E-state index contributed by atoms with van der Waals surface area (Å²) < 4.78 is 0. The lowest BCUT2D eigenvalue weighted by Gasteiger charge is -2.48. The lowest BCUT2D eigenvalue weighted by molar-refractivity contribution is 0.00244. The van der Waals surface area contributed by atoms with Gasteiger partial charge in [-0.3, -0.25) is 14.7 Å². The maximum absolute atomic E-state index is 9.44. The molecule has 1 aromatic rings. The van der Waals surface area contributed by atoms with Crippen LogP contribution in [-0.2, 0) is 6.54 Å². The summed E-state index contributed by atoms with van der Waals surface area (Å²) in [6.07, 6.45) is 3.46. The van der Waals surface area contributed by atoms with Crippen LogP contribution in [0.15, 0.2) is 30.3 Å². The van der Waals surface area contributed by atoms with E-state index < -0.39 is 0 Å². The highest BCUT2D eigenvalue weighted by atomic mass is 16.3. The van der Waals surface area contributed by atoms with E-state index in [4.69, 9.17) is 0 Å². The van der Waals surface area contributed by atoms with Gasteiger partial charge in [-0.15, -0.1) is 0 Å². The van der Waals surface area contributed by atoms with E-state index >= 15 is 0 Å². The Kier molecular flexibility index (Phi) is 6.88. The summed E-state index contributed by atoms with van der Waals surface area (Å²) >= 11 is 0. The van der Waals surface area contributed by atoms with Crippen LogP contribution in [0.1, 0.15) is 38.7 Å². The first-order valence-corrected chi connectivity index (χ1v) is 10.0. The Morgan fingerprint density at radius 3 is 2.40 bits per heavy atom. The molecule has 2 aliphatic heterocycles. The lowest BCUT2D eigenvalue weighted by atomic mass is 9.98. The van der Waals surface area contributed by atoms with Gasteiger partial charge in [0, 0.05) is 50.9 Å². The summed E-state index contributed by atoms with van der Waals surface area (Å²) in [4.78, 5) is 7.89. The highest BCUT2D eigenvalue weighted by molar-refractivity contribution is 5.14. The molecule has 1 atom stereocenters. The Bertz CT molecular complexity index is 499. The second-order valence-electron chi connectivity index (χ2n) is 7.99. The van der Waals surface area contributed by atoms with Gasteiger partial charge in [0.15, 0.2) is 0 Å². The van der Waals surface area contributed by atoms with Crippen LogP contribution >= 0.6 is 0 Å². The molecule has 1 aromatic carbocycles. The molecule has 4 nitrogen and oxygen atoms in total. The van der Waals surface area contributed by atoms with E-state index in [2.05, 4.69) is 58.9 Å². The lowest BCUT2D eigenvalue weighted by Crippen LogP contribution is -2.59. The zero-order valence-electron chi connectivity index (χ0n) is 16.0. The van der Waals surface area contributed by atoms with E-state index in [0.717, 1.165) is 32.1 Å². The summed E-state index contributed by atoms with van der Waals surface area (Å²) in [7, 11) is 0. The molecular formula is C21H35N3O. The third-order valence-electron chi connectivity index (χ3n) is 6.01. The predicted octanol–water partition coefficient (Wildman–Crippen LogP) is 2.43. The molecule has 2 heterocycles. The van der Waals surface area contributed by atoms with Gasteiger partial charge in [-0.1, -0.05) is 30.3 Å². The molecule has 1 N–H and O–H groups in total. The molecule has 0 aliphatic carbocycles.